The Morgan fingerprint density at radius 2 is 1.85 bits per heavy atom. The number of carboxylic acid groups (broad SMARTS) is 1. The van der Waals surface area contributed by atoms with Crippen LogP contribution >= 0.6 is 11.6 Å². The second-order valence-corrected chi connectivity index (χ2v) is 10.6. The molecule has 0 spiro atoms. The quantitative estimate of drug-likeness (QED) is 0.567. The van der Waals surface area contributed by atoms with Gasteiger partial charge in [-0.05, 0) is 49.4 Å². The van der Waals surface area contributed by atoms with Crippen LogP contribution in [0.15, 0.2) is 35.2 Å². The predicted molar refractivity (Wildman–Crippen MR) is 128 cm³/mol. The summed E-state index contributed by atoms with van der Waals surface area (Å²) in [5.41, 5.74) is 2.17. The van der Waals surface area contributed by atoms with Gasteiger partial charge in [-0.1, -0.05) is 17.7 Å². The van der Waals surface area contributed by atoms with Gasteiger partial charge in [-0.25, -0.2) is 13.2 Å². The van der Waals surface area contributed by atoms with Crippen molar-refractivity contribution in [3.05, 3.63) is 46.5 Å². The van der Waals surface area contributed by atoms with Crippen LogP contribution in [0.3, 0.4) is 0 Å². The number of likely N-dealkylation sites (tertiary alicyclic amines) is 1. The molecule has 1 aliphatic heterocycles. The summed E-state index contributed by atoms with van der Waals surface area (Å²) in [7, 11) is -0.435. The van der Waals surface area contributed by atoms with Crippen molar-refractivity contribution in [1.82, 2.24) is 4.90 Å². The van der Waals surface area contributed by atoms with E-state index >= 15 is 0 Å². The summed E-state index contributed by atoms with van der Waals surface area (Å²) in [6.45, 7) is 2.79. The molecule has 1 aliphatic rings. The number of carbonyl (C=O) groups is 1. The minimum atomic E-state index is -3.50. The maximum Gasteiger partial charge on any atom is 0.407 e. The number of benzene rings is 2. The van der Waals surface area contributed by atoms with Crippen molar-refractivity contribution in [1.29, 1.82) is 0 Å². The van der Waals surface area contributed by atoms with Crippen LogP contribution in [0, 0.1) is 0 Å². The molecule has 1 amide bonds. The average molecular weight is 497 g/mol. The van der Waals surface area contributed by atoms with Crippen molar-refractivity contribution < 1.29 is 27.8 Å². The monoisotopic (exact) mass is 496 g/mol. The maximum atomic E-state index is 12.5. The third-order valence-corrected chi connectivity index (χ3v) is 7.32. The van der Waals surface area contributed by atoms with Crippen LogP contribution in [0.1, 0.15) is 42.9 Å². The van der Waals surface area contributed by atoms with Gasteiger partial charge in [-0.15, -0.1) is 0 Å². The van der Waals surface area contributed by atoms with Gasteiger partial charge in [0.15, 0.2) is 21.3 Å². The topological polar surface area (TPSA) is 105 Å². The lowest BCUT2D eigenvalue weighted by atomic mass is 9.89. The summed E-state index contributed by atoms with van der Waals surface area (Å²) in [5, 5.41) is 13.0. The number of hydrogen-bond donors (Lipinski definition) is 2. The normalized spacial score (nSPS) is 15.7. The molecule has 0 radical (unpaired) electrons. The molecule has 8 nitrogen and oxygen atoms in total. The number of nitrogens with zero attached hydrogens (tertiary/aromatic N) is 1. The van der Waals surface area contributed by atoms with Crippen LogP contribution in [0.5, 0.6) is 11.5 Å². The Kier molecular flexibility index (Phi) is 7.64. The van der Waals surface area contributed by atoms with E-state index < -0.39 is 15.9 Å². The Bertz CT molecular complexity index is 1130. The predicted octanol–water partition coefficient (Wildman–Crippen LogP) is 4.79. The van der Waals surface area contributed by atoms with E-state index in [1.165, 1.54) is 25.4 Å². The highest BCUT2D eigenvalue weighted by Gasteiger charge is 2.26. The number of methoxy groups -OCH3 is 2. The van der Waals surface area contributed by atoms with E-state index in [1.54, 1.807) is 18.2 Å². The molecule has 1 fully saturated rings. The lowest BCUT2D eigenvalue weighted by molar-refractivity contribution is 0.132. The third-order valence-electron chi connectivity index (χ3n) is 5.95. The summed E-state index contributed by atoms with van der Waals surface area (Å²) in [4.78, 5) is 12.8. The van der Waals surface area contributed by atoms with Crippen LogP contribution < -0.4 is 14.8 Å². The van der Waals surface area contributed by atoms with Gasteiger partial charge in [0, 0.05) is 36.0 Å². The fourth-order valence-electron chi connectivity index (χ4n) is 4.23. The van der Waals surface area contributed by atoms with Gasteiger partial charge in [-0.3, -0.25) is 0 Å². The Balaban J connectivity index is 1.96. The van der Waals surface area contributed by atoms with E-state index in [0.29, 0.717) is 48.1 Å². The Labute approximate surface area is 199 Å². The van der Waals surface area contributed by atoms with E-state index in [4.69, 9.17) is 21.1 Å². The maximum absolute atomic E-state index is 12.5. The Morgan fingerprint density at radius 1 is 1.18 bits per heavy atom. The van der Waals surface area contributed by atoms with Crippen LogP contribution in [-0.4, -0.2) is 58.1 Å². The van der Waals surface area contributed by atoms with Crippen LogP contribution in [0.2, 0.25) is 5.02 Å². The number of sulfone groups is 1. The van der Waals surface area contributed by atoms with Crippen LogP contribution in [-0.2, 0) is 9.84 Å². The highest BCUT2D eigenvalue weighted by Crippen LogP contribution is 2.40. The lowest BCUT2D eigenvalue weighted by Crippen LogP contribution is -2.36. The molecule has 0 saturated carbocycles. The lowest BCUT2D eigenvalue weighted by Gasteiger charge is -2.30. The van der Waals surface area contributed by atoms with E-state index in [9.17, 15) is 18.3 Å². The van der Waals surface area contributed by atoms with E-state index in [2.05, 4.69) is 5.32 Å². The number of anilines is 1. The first-order valence-corrected chi connectivity index (χ1v) is 12.8. The summed E-state index contributed by atoms with van der Waals surface area (Å²) >= 11 is 6.26. The van der Waals surface area contributed by atoms with E-state index in [1.807, 2.05) is 19.1 Å². The second-order valence-electron chi connectivity index (χ2n) is 8.17. The van der Waals surface area contributed by atoms with Crippen molar-refractivity contribution in [2.24, 2.45) is 0 Å². The summed E-state index contributed by atoms with van der Waals surface area (Å²) in [6, 6.07) is 8.34. The van der Waals surface area contributed by atoms with Gasteiger partial charge in [0.1, 0.15) is 0 Å². The van der Waals surface area contributed by atoms with Crippen LogP contribution in [0.4, 0.5) is 10.5 Å². The molecule has 2 aromatic carbocycles. The zero-order chi connectivity index (χ0) is 24.3. The minimum Gasteiger partial charge on any atom is -0.493 e. The van der Waals surface area contributed by atoms with Gasteiger partial charge in [0.2, 0.25) is 0 Å². The molecule has 0 bridgehead atoms. The van der Waals surface area contributed by atoms with Gasteiger partial charge in [-0.2, -0.15) is 0 Å². The van der Waals surface area contributed by atoms with Crippen molar-refractivity contribution in [3.8, 4) is 11.5 Å². The number of piperidine rings is 1. The number of ether oxygens (including phenoxy) is 2. The second kappa shape index (κ2) is 10.1. The van der Waals surface area contributed by atoms with Crippen molar-refractivity contribution in [3.63, 3.8) is 0 Å². The molecule has 2 N–H and O–H groups in total. The third kappa shape index (κ3) is 5.65. The highest BCUT2D eigenvalue weighted by atomic mass is 35.5. The Hall–Kier alpha value is -2.65. The van der Waals surface area contributed by atoms with Crippen molar-refractivity contribution >= 4 is 33.2 Å². The standard InChI is InChI=1S/C23H29ClN2O6S/c1-14(18-12-17(24)13-20(31-2)22(18)32-3)25-19-11-16(5-6-21(19)33(4,29)30)15-7-9-26(10-8-15)23(27)28/h5-6,11-15,25H,7-10H2,1-4H3,(H,27,28). The Morgan fingerprint density at radius 3 is 2.39 bits per heavy atom. The zero-order valence-electron chi connectivity index (χ0n) is 19.1. The molecular weight excluding hydrogens is 468 g/mol. The first-order valence-electron chi connectivity index (χ1n) is 10.5. The molecule has 0 aliphatic carbocycles. The van der Waals surface area contributed by atoms with Crippen molar-refractivity contribution in [2.75, 3.05) is 38.9 Å². The van der Waals surface area contributed by atoms with Gasteiger partial charge >= 0.3 is 6.09 Å². The number of halogens is 1. The largest absolute Gasteiger partial charge is 0.493 e. The van der Waals surface area contributed by atoms with E-state index in [-0.39, 0.29) is 16.9 Å². The molecule has 1 saturated heterocycles. The molecule has 2 aromatic rings. The van der Waals surface area contributed by atoms with E-state index in [0.717, 1.165) is 11.1 Å². The summed E-state index contributed by atoms with van der Waals surface area (Å²) in [6.07, 6.45) is 1.62. The zero-order valence-corrected chi connectivity index (χ0v) is 20.7. The van der Waals surface area contributed by atoms with Gasteiger partial charge < -0.3 is 24.8 Å². The molecule has 3 rings (SSSR count). The minimum absolute atomic E-state index is 0.144. The molecule has 10 heteroatoms. The number of nitrogens with one attached hydrogen (secondary N) is 1. The fourth-order valence-corrected chi connectivity index (χ4v) is 5.28. The molecule has 0 aromatic heterocycles. The molecular formula is C23H29ClN2O6S. The van der Waals surface area contributed by atoms with Crippen molar-refractivity contribution in [2.45, 2.75) is 36.6 Å². The smallest absolute Gasteiger partial charge is 0.407 e. The number of amides is 1. The molecule has 180 valence electrons. The van der Waals surface area contributed by atoms with Crippen LogP contribution in [0.25, 0.3) is 0 Å². The summed E-state index contributed by atoms with van der Waals surface area (Å²) in [5.74, 6) is 1.14. The molecule has 1 heterocycles. The molecule has 1 unspecified atom stereocenters. The SMILES string of the molecule is COc1cc(Cl)cc(C(C)Nc2cc(C3CCN(C(=O)O)CC3)ccc2S(C)(=O)=O)c1OC. The number of hydrogen-bond acceptors (Lipinski definition) is 6. The molecule has 33 heavy (non-hydrogen) atoms. The first-order chi connectivity index (χ1) is 15.5. The van der Waals surface area contributed by atoms with Gasteiger partial charge in [0.05, 0.1) is 30.8 Å². The fraction of sp³-hybridized carbons (Fsp3) is 0.435. The van der Waals surface area contributed by atoms with Gasteiger partial charge in [0.25, 0.3) is 0 Å². The average Bonchev–Trinajstić information content (AvgIpc) is 2.77. The molecule has 1 atom stereocenters. The summed E-state index contributed by atoms with van der Waals surface area (Å²) < 4.78 is 35.9. The highest BCUT2D eigenvalue weighted by molar-refractivity contribution is 7.90. The number of rotatable bonds is 7. The first kappa shape index (κ1) is 25.0.